The molecule has 3 atom stereocenters. The second-order valence-corrected chi connectivity index (χ2v) is 4.58. The molecule has 1 saturated heterocycles. The van der Waals surface area contributed by atoms with E-state index in [0.717, 1.165) is 25.9 Å². The first-order valence-corrected chi connectivity index (χ1v) is 5.74. The number of likely N-dealkylation sites (tertiary alicyclic amines) is 1. The number of halogens is 2. The van der Waals surface area contributed by atoms with Crippen LogP contribution in [0.25, 0.3) is 0 Å². The van der Waals surface area contributed by atoms with Gasteiger partial charge in [-0.2, -0.15) is 0 Å². The van der Waals surface area contributed by atoms with E-state index in [-0.39, 0.29) is 5.92 Å². The molecule has 4 heteroatoms. The number of unbranched alkanes of at least 4 members (excludes halogenated alkanes) is 1. The number of rotatable bonds is 4. The summed E-state index contributed by atoms with van der Waals surface area (Å²) in [6, 6.07) is 0. The second-order valence-electron chi connectivity index (χ2n) is 4.58. The predicted octanol–water partition coefficient (Wildman–Crippen LogP) is 1.98. The van der Waals surface area contributed by atoms with Gasteiger partial charge < -0.3 is 10.0 Å². The van der Waals surface area contributed by atoms with Gasteiger partial charge in [0.05, 0.1) is 12.0 Å². The minimum Gasteiger partial charge on any atom is -0.392 e. The van der Waals surface area contributed by atoms with Crippen LogP contribution in [-0.2, 0) is 0 Å². The van der Waals surface area contributed by atoms with Crippen LogP contribution >= 0.6 is 0 Å². The number of hydrogen-bond donors (Lipinski definition) is 1. The number of hydrogen-bond acceptors (Lipinski definition) is 2. The Labute approximate surface area is 90.3 Å². The SMILES string of the molecule is CCCCN1CC(C)[C@H](O)[C@@H](C(F)F)C1. The monoisotopic (exact) mass is 221 g/mol. The van der Waals surface area contributed by atoms with Crippen LogP contribution in [0.2, 0.25) is 0 Å². The van der Waals surface area contributed by atoms with E-state index in [1.807, 2.05) is 6.92 Å². The highest BCUT2D eigenvalue weighted by Crippen LogP contribution is 2.27. The van der Waals surface area contributed by atoms with Gasteiger partial charge in [0.2, 0.25) is 6.43 Å². The average molecular weight is 221 g/mol. The van der Waals surface area contributed by atoms with Crippen molar-refractivity contribution in [2.75, 3.05) is 19.6 Å². The Morgan fingerprint density at radius 1 is 1.40 bits per heavy atom. The third-order valence-corrected chi connectivity index (χ3v) is 3.19. The van der Waals surface area contributed by atoms with E-state index in [1.54, 1.807) is 0 Å². The first-order valence-electron chi connectivity index (χ1n) is 5.74. The molecule has 1 unspecified atom stereocenters. The fourth-order valence-electron chi connectivity index (χ4n) is 2.21. The van der Waals surface area contributed by atoms with Gasteiger partial charge in [0.1, 0.15) is 0 Å². The maximum Gasteiger partial charge on any atom is 0.245 e. The molecular formula is C11H21F2NO. The predicted molar refractivity (Wildman–Crippen MR) is 56.0 cm³/mol. The summed E-state index contributed by atoms with van der Waals surface area (Å²) in [6.07, 6.45) is -1.14. The van der Waals surface area contributed by atoms with Crippen molar-refractivity contribution in [3.05, 3.63) is 0 Å². The van der Waals surface area contributed by atoms with Crippen LogP contribution < -0.4 is 0 Å². The average Bonchev–Trinajstić information content (AvgIpc) is 2.19. The van der Waals surface area contributed by atoms with E-state index in [4.69, 9.17) is 0 Å². The molecule has 1 aliphatic rings. The Hall–Kier alpha value is -0.220. The van der Waals surface area contributed by atoms with E-state index >= 15 is 0 Å². The lowest BCUT2D eigenvalue weighted by Crippen LogP contribution is -2.50. The van der Waals surface area contributed by atoms with Gasteiger partial charge in [0.25, 0.3) is 0 Å². The highest BCUT2D eigenvalue weighted by Gasteiger charge is 2.38. The van der Waals surface area contributed by atoms with Crippen LogP contribution in [0.1, 0.15) is 26.7 Å². The zero-order chi connectivity index (χ0) is 11.4. The molecule has 0 aromatic heterocycles. The van der Waals surface area contributed by atoms with Crippen LogP contribution in [0.15, 0.2) is 0 Å². The van der Waals surface area contributed by atoms with E-state index in [9.17, 15) is 13.9 Å². The van der Waals surface area contributed by atoms with Crippen LogP contribution in [0.5, 0.6) is 0 Å². The molecule has 0 aromatic rings. The Kier molecular flexibility index (Phi) is 4.93. The van der Waals surface area contributed by atoms with Crippen molar-refractivity contribution in [2.45, 2.75) is 39.2 Å². The molecule has 2 nitrogen and oxygen atoms in total. The van der Waals surface area contributed by atoms with Crippen molar-refractivity contribution in [1.29, 1.82) is 0 Å². The van der Waals surface area contributed by atoms with Crippen molar-refractivity contribution in [1.82, 2.24) is 4.90 Å². The summed E-state index contributed by atoms with van der Waals surface area (Å²) in [5.41, 5.74) is 0. The lowest BCUT2D eigenvalue weighted by molar-refractivity contribution is -0.0800. The minimum atomic E-state index is -2.41. The molecule has 0 radical (unpaired) electrons. The second kappa shape index (κ2) is 5.75. The number of piperidine rings is 1. The Morgan fingerprint density at radius 2 is 2.07 bits per heavy atom. The van der Waals surface area contributed by atoms with E-state index in [1.165, 1.54) is 0 Å². The maximum absolute atomic E-state index is 12.7. The summed E-state index contributed by atoms with van der Waals surface area (Å²) in [5.74, 6) is -0.916. The topological polar surface area (TPSA) is 23.5 Å². The molecule has 0 saturated carbocycles. The quantitative estimate of drug-likeness (QED) is 0.784. The summed E-state index contributed by atoms with van der Waals surface area (Å²) in [6.45, 7) is 5.88. The molecular weight excluding hydrogens is 200 g/mol. The summed E-state index contributed by atoms with van der Waals surface area (Å²) in [4.78, 5) is 2.05. The van der Waals surface area contributed by atoms with Gasteiger partial charge in [-0.1, -0.05) is 20.3 Å². The Morgan fingerprint density at radius 3 is 2.60 bits per heavy atom. The molecule has 0 aliphatic carbocycles. The van der Waals surface area contributed by atoms with Gasteiger partial charge in [0, 0.05) is 13.1 Å². The van der Waals surface area contributed by atoms with E-state index in [0.29, 0.717) is 6.54 Å². The zero-order valence-corrected chi connectivity index (χ0v) is 9.50. The lowest BCUT2D eigenvalue weighted by atomic mass is 9.87. The van der Waals surface area contributed by atoms with Crippen LogP contribution in [0.3, 0.4) is 0 Å². The van der Waals surface area contributed by atoms with Crippen molar-refractivity contribution in [2.24, 2.45) is 11.8 Å². The lowest BCUT2D eigenvalue weighted by Gasteiger charge is -2.39. The van der Waals surface area contributed by atoms with Crippen molar-refractivity contribution < 1.29 is 13.9 Å². The van der Waals surface area contributed by atoms with Gasteiger partial charge in [-0.15, -0.1) is 0 Å². The Balaban J connectivity index is 2.50. The van der Waals surface area contributed by atoms with Crippen molar-refractivity contribution in [3.63, 3.8) is 0 Å². The zero-order valence-electron chi connectivity index (χ0n) is 9.50. The fourth-order valence-corrected chi connectivity index (χ4v) is 2.21. The number of aliphatic hydroxyl groups is 1. The number of aliphatic hydroxyl groups excluding tert-OH is 1. The molecule has 1 fully saturated rings. The first kappa shape index (κ1) is 12.8. The molecule has 1 rings (SSSR count). The van der Waals surface area contributed by atoms with E-state index < -0.39 is 18.4 Å². The van der Waals surface area contributed by atoms with Crippen LogP contribution in [0.4, 0.5) is 8.78 Å². The number of nitrogens with zero attached hydrogens (tertiary/aromatic N) is 1. The molecule has 0 amide bonds. The molecule has 0 spiro atoms. The van der Waals surface area contributed by atoms with Crippen LogP contribution in [0, 0.1) is 11.8 Å². The van der Waals surface area contributed by atoms with Gasteiger partial charge in [-0.05, 0) is 18.9 Å². The van der Waals surface area contributed by atoms with Gasteiger partial charge >= 0.3 is 0 Å². The van der Waals surface area contributed by atoms with Crippen molar-refractivity contribution in [3.8, 4) is 0 Å². The first-order chi connectivity index (χ1) is 7.06. The molecule has 15 heavy (non-hydrogen) atoms. The molecule has 90 valence electrons. The minimum absolute atomic E-state index is 0.0467. The van der Waals surface area contributed by atoms with E-state index in [2.05, 4.69) is 11.8 Å². The van der Waals surface area contributed by atoms with Gasteiger partial charge in [0.15, 0.2) is 0 Å². The van der Waals surface area contributed by atoms with Gasteiger partial charge in [-0.25, -0.2) is 8.78 Å². The summed E-state index contributed by atoms with van der Waals surface area (Å²) in [7, 11) is 0. The molecule has 1 N–H and O–H groups in total. The highest BCUT2D eigenvalue weighted by molar-refractivity contribution is 4.85. The smallest absolute Gasteiger partial charge is 0.245 e. The third kappa shape index (κ3) is 3.38. The number of alkyl halides is 2. The Bertz CT molecular complexity index is 189. The maximum atomic E-state index is 12.7. The standard InChI is InChI=1S/C11H21F2NO/c1-3-4-5-14-6-8(2)10(15)9(7-14)11(12)13/h8-11,15H,3-7H2,1-2H3/t8?,9-,10-/m0/s1. The molecule has 1 heterocycles. The molecule has 0 bridgehead atoms. The fraction of sp³-hybridized carbons (Fsp3) is 1.00. The molecule has 1 aliphatic heterocycles. The van der Waals surface area contributed by atoms with Crippen molar-refractivity contribution >= 4 is 0 Å². The summed E-state index contributed by atoms with van der Waals surface area (Å²) in [5, 5.41) is 9.64. The highest BCUT2D eigenvalue weighted by atomic mass is 19.3. The third-order valence-electron chi connectivity index (χ3n) is 3.19. The van der Waals surface area contributed by atoms with Crippen LogP contribution in [-0.4, -0.2) is 42.2 Å². The largest absolute Gasteiger partial charge is 0.392 e. The van der Waals surface area contributed by atoms with Gasteiger partial charge in [-0.3, -0.25) is 0 Å². The summed E-state index contributed by atoms with van der Waals surface area (Å²) >= 11 is 0. The molecule has 0 aromatic carbocycles. The summed E-state index contributed by atoms with van der Waals surface area (Å²) < 4.78 is 25.3. The normalized spacial score (nSPS) is 33.6.